The van der Waals surface area contributed by atoms with Gasteiger partial charge in [0.1, 0.15) is 17.5 Å². The van der Waals surface area contributed by atoms with Gasteiger partial charge >= 0.3 is 0 Å². The SMILES string of the molecule is CC1(n2cnc3cnc4[nH]ccc4c32)CCN(Cc2cncnc2)CC1. The molecule has 0 spiro atoms. The summed E-state index contributed by atoms with van der Waals surface area (Å²) >= 11 is 0. The van der Waals surface area contributed by atoms with Gasteiger partial charge in [-0.3, -0.25) is 4.90 Å². The van der Waals surface area contributed by atoms with Crippen molar-refractivity contribution in [3.05, 3.63) is 49.1 Å². The second kappa shape index (κ2) is 5.88. The van der Waals surface area contributed by atoms with Crippen LogP contribution in [0.5, 0.6) is 0 Å². The Morgan fingerprint density at radius 3 is 2.73 bits per heavy atom. The molecule has 1 aliphatic rings. The smallest absolute Gasteiger partial charge is 0.139 e. The average molecular weight is 347 g/mol. The Labute approximate surface area is 151 Å². The molecule has 0 saturated carbocycles. The first-order valence-corrected chi connectivity index (χ1v) is 8.99. The summed E-state index contributed by atoms with van der Waals surface area (Å²) in [5, 5.41) is 1.14. The minimum absolute atomic E-state index is 0.0595. The molecule has 0 aromatic carbocycles. The molecule has 1 saturated heterocycles. The van der Waals surface area contributed by atoms with Crippen molar-refractivity contribution in [1.29, 1.82) is 0 Å². The van der Waals surface area contributed by atoms with Gasteiger partial charge in [0.25, 0.3) is 0 Å². The van der Waals surface area contributed by atoms with Crippen LogP contribution in [0.3, 0.4) is 0 Å². The minimum Gasteiger partial charge on any atom is -0.346 e. The van der Waals surface area contributed by atoms with E-state index in [4.69, 9.17) is 0 Å². The molecule has 0 bridgehead atoms. The van der Waals surface area contributed by atoms with Gasteiger partial charge in [-0.15, -0.1) is 0 Å². The summed E-state index contributed by atoms with van der Waals surface area (Å²) in [5.41, 5.74) is 4.30. The van der Waals surface area contributed by atoms with Crippen LogP contribution in [0.4, 0.5) is 0 Å². The van der Waals surface area contributed by atoms with Crippen molar-refractivity contribution in [2.75, 3.05) is 13.1 Å². The quantitative estimate of drug-likeness (QED) is 0.617. The molecule has 132 valence electrons. The molecule has 26 heavy (non-hydrogen) atoms. The second-order valence-electron chi connectivity index (χ2n) is 7.37. The normalized spacial score (nSPS) is 17.9. The number of imidazole rings is 1. The number of hydrogen-bond donors (Lipinski definition) is 1. The molecule has 4 aromatic heterocycles. The summed E-state index contributed by atoms with van der Waals surface area (Å²) in [7, 11) is 0. The van der Waals surface area contributed by atoms with E-state index in [2.05, 4.69) is 47.4 Å². The molecule has 1 N–H and O–H groups in total. The van der Waals surface area contributed by atoms with E-state index in [-0.39, 0.29) is 5.54 Å². The number of aromatic nitrogens is 6. The molecule has 5 rings (SSSR count). The Morgan fingerprint density at radius 2 is 1.92 bits per heavy atom. The van der Waals surface area contributed by atoms with Crippen molar-refractivity contribution in [3.63, 3.8) is 0 Å². The average Bonchev–Trinajstić information content (AvgIpc) is 3.30. The predicted octanol–water partition coefficient (Wildman–Crippen LogP) is 2.71. The molecule has 0 aliphatic carbocycles. The van der Waals surface area contributed by atoms with Crippen LogP contribution in [0.2, 0.25) is 0 Å². The third-order valence-electron chi connectivity index (χ3n) is 5.63. The van der Waals surface area contributed by atoms with Gasteiger partial charge in [-0.05, 0) is 25.8 Å². The number of aromatic amines is 1. The van der Waals surface area contributed by atoms with Gasteiger partial charge in [-0.1, -0.05) is 0 Å². The summed E-state index contributed by atoms with van der Waals surface area (Å²) in [5.74, 6) is 0. The van der Waals surface area contributed by atoms with Crippen LogP contribution in [-0.4, -0.2) is 47.5 Å². The fourth-order valence-electron chi connectivity index (χ4n) is 4.02. The predicted molar refractivity (Wildman–Crippen MR) is 99.6 cm³/mol. The maximum atomic E-state index is 4.61. The van der Waals surface area contributed by atoms with Crippen molar-refractivity contribution in [1.82, 2.24) is 34.4 Å². The molecule has 0 radical (unpaired) electrons. The molecule has 5 heterocycles. The van der Waals surface area contributed by atoms with Gasteiger partial charge < -0.3 is 9.55 Å². The fourth-order valence-corrected chi connectivity index (χ4v) is 4.02. The highest BCUT2D eigenvalue weighted by atomic mass is 15.2. The maximum Gasteiger partial charge on any atom is 0.139 e. The lowest BCUT2D eigenvalue weighted by Gasteiger charge is -2.40. The topological polar surface area (TPSA) is 75.5 Å². The molecule has 4 aromatic rings. The molecular weight excluding hydrogens is 326 g/mol. The third-order valence-corrected chi connectivity index (χ3v) is 5.63. The van der Waals surface area contributed by atoms with E-state index >= 15 is 0 Å². The Morgan fingerprint density at radius 1 is 1.12 bits per heavy atom. The highest BCUT2D eigenvalue weighted by Crippen LogP contribution is 2.35. The highest BCUT2D eigenvalue weighted by Gasteiger charge is 2.33. The molecule has 0 unspecified atom stereocenters. The summed E-state index contributed by atoms with van der Waals surface area (Å²) in [6.07, 6.45) is 13.3. The lowest BCUT2D eigenvalue weighted by atomic mass is 9.89. The summed E-state index contributed by atoms with van der Waals surface area (Å²) in [4.78, 5) is 23.0. The van der Waals surface area contributed by atoms with Crippen molar-refractivity contribution in [2.45, 2.75) is 31.8 Å². The Hall–Kier alpha value is -2.80. The minimum atomic E-state index is 0.0595. The highest BCUT2D eigenvalue weighted by molar-refractivity contribution is 6.01. The van der Waals surface area contributed by atoms with Crippen LogP contribution in [0.1, 0.15) is 25.3 Å². The van der Waals surface area contributed by atoms with Crippen LogP contribution in [0.25, 0.3) is 22.1 Å². The number of hydrogen-bond acceptors (Lipinski definition) is 5. The van der Waals surface area contributed by atoms with Crippen LogP contribution in [-0.2, 0) is 12.1 Å². The van der Waals surface area contributed by atoms with Crippen molar-refractivity contribution in [2.24, 2.45) is 0 Å². The van der Waals surface area contributed by atoms with E-state index in [1.165, 1.54) is 11.1 Å². The van der Waals surface area contributed by atoms with E-state index in [1.54, 1.807) is 6.33 Å². The second-order valence-corrected chi connectivity index (χ2v) is 7.37. The van der Waals surface area contributed by atoms with E-state index in [0.29, 0.717) is 0 Å². The number of rotatable bonds is 3. The molecular formula is C19H21N7. The van der Waals surface area contributed by atoms with Crippen molar-refractivity contribution < 1.29 is 0 Å². The van der Waals surface area contributed by atoms with E-state index < -0.39 is 0 Å². The Balaban J connectivity index is 1.42. The lowest BCUT2D eigenvalue weighted by Crippen LogP contribution is -2.43. The first-order chi connectivity index (χ1) is 12.7. The molecule has 1 fully saturated rings. The number of pyridine rings is 1. The Bertz CT molecular complexity index is 1040. The first-order valence-electron chi connectivity index (χ1n) is 8.99. The number of H-pyrrole nitrogens is 1. The number of nitrogens with zero attached hydrogens (tertiary/aromatic N) is 6. The monoisotopic (exact) mass is 347 g/mol. The molecule has 7 heteroatoms. The summed E-state index contributed by atoms with van der Waals surface area (Å²) in [6, 6.07) is 2.09. The molecule has 0 atom stereocenters. The van der Waals surface area contributed by atoms with Crippen molar-refractivity contribution >= 4 is 22.1 Å². The zero-order chi connectivity index (χ0) is 17.6. The van der Waals surface area contributed by atoms with Crippen LogP contribution < -0.4 is 0 Å². The number of fused-ring (bicyclic) bond motifs is 3. The summed E-state index contributed by atoms with van der Waals surface area (Å²) in [6.45, 7) is 5.35. The zero-order valence-corrected chi connectivity index (χ0v) is 14.8. The molecule has 1 aliphatic heterocycles. The van der Waals surface area contributed by atoms with Gasteiger partial charge in [0, 0.05) is 54.7 Å². The van der Waals surface area contributed by atoms with E-state index in [1.807, 2.05) is 31.1 Å². The van der Waals surface area contributed by atoms with E-state index in [9.17, 15) is 0 Å². The van der Waals surface area contributed by atoms with Gasteiger partial charge in [0.2, 0.25) is 0 Å². The number of nitrogens with one attached hydrogen (secondary N) is 1. The summed E-state index contributed by atoms with van der Waals surface area (Å²) < 4.78 is 2.36. The number of piperidine rings is 1. The maximum absolute atomic E-state index is 4.61. The standard InChI is InChI=1S/C19H21N7/c1-19(3-6-25(7-4-19)11-14-8-20-12-21-9-14)26-13-24-16-10-23-18-15(17(16)26)2-5-22-18/h2,5,8-10,12-13H,3-4,6-7,11H2,1H3,(H,22,23). The molecule has 7 nitrogen and oxygen atoms in total. The lowest BCUT2D eigenvalue weighted by molar-refractivity contribution is 0.121. The fraction of sp³-hybridized carbons (Fsp3) is 0.368. The van der Waals surface area contributed by atoms with Crippen LogP contribution in [0.15, 0.2) is 43.5 Å². The largest absolute Gasteiger partial charge is 0.346 e. The van der Waals surface area contributed by atoms with Crippen molar-refractivity contribution in [3.8, 4) is 0 Å². The van der Waals surface area contributed by atoms with Gasteiger partial charge in [-0.25, -0.2) is 19.9 Å². The zero-order valence-electron chi connectivity index (χ0n) is 14.8. The van der Waals surface area contributed by atoms with E-state index in [0.717, 1.165) is 49.0 Å². The van der Waals surface area contributed by atoms with Crippen LogP contribution in [0, 0.1) is 0 Å². The third kappa shape index (κ3) is 2.47. The molecule has 0 amide bonds. The van der Waals surface area contributed by atoms with Crippen LogP contribution >= 0.6 is 0 Å². The number of likely N-dealkylation sites (tertiary alicyclic amines) is 1. The first kappa shape index (κ1) is 15.5. The van der Waals surface area contributed by atoms with Gasteiger partial charge in [0.05, 0.1) is 18.0 Å². The van der Waals surface area contributed by atoms with Gasteiger partial charge in [0.15, 0.2) is 0 Å². The Kier molecular flexibility index (Phi) is 3.49. The van der Waals surface area contributed by atoms with Gasteiger partial charge in [-0.2, -0.15) is 0 Å².